The maximum atomic E-state index is 6.14. The lowest BCUT2D eigenvalue weighted by Gasteiger charge is -2.31. The summed E-state index contributed by atoms with van der Waals surface area (Å²) in [5.74, 6) is 1.32. The number of nitrogens with zero attached hydrogens (tertiary/aromatic N) is 2. The van der Waals surface area contributed by atoms with Gasteiger partial charge in [0, 0.05) is 49.7 Å². The highest BCUT2D eigenvalue weighted by molar-refractivity contribution is 14.0. The minimum Gasteiger partial charge on any atom is -0.373 e. The quantitative estimate of drug-likeness (QED) is 0.213. The molecule has 0 saturated carbocycles. The highest BCUT2D eigenvalue weighted by atomic mass is 127. The van der Waals surface area contributed by atoms with Gasteiger partial charge in [-0.25, -0.2) is 4.98 Å². The van der Waals surface area contributed by atoms with Crippen molar-refractivity contribution in [1.29, 1.82) is 0 Å². The molecule has 7 heteroatoms. The van der Waals surface area contributed by atoms with E-state index < -0.39 is 0 Å². The van der Waals surface area contributed by atoms with Crippen molar-refractivity contribution >= 4 is 41.3 Å². The molecule has 1 fully saturated rings. The molecular formula is C23H35IN4OS. The summed E-state index contributed by atoms with van der Waals surface area (Å²) in [4.78, 5) is 9.42. The number of guanidine groups is 1. The summed E-state index contributed by atoms with van der Waals surface area (Å²) < 4.78 is 6.14. The van der Waals surface area contributed by atoms with E-state index in [1.807, 2.05) is 6.92 Å². The van der Waals surface area contributed by atoms with Gasteiger partial charge >= 0.3 is 0 Å². The molecule has 0 aliphatic carbocycles. The van der Waals surface area contributed by atoms with E-state index in [2.05, 4.69) is 59.1 Å². The number of aliphatic imine (C=N–C) groups is 1. The normalized spacial score (nSPS) is 19.2. The summed E-state index contributed by atoms with van der Waals surface area (Å²) in [6.07, 6.45) is 4.47. The Bertz CT molecular complexity index is 778. The highest BCUT2D eigenvalue weighted by Gasteiger charge is 2.27. The second-order valence-corrected chi connectivity index (χ2v) is 8.68. The van der Waals surface area contributed by atoms with Gasteiger partial charge in [0.2, 0.25) is 0 Å². The predicted octanol–water partition coefficient (Wildman–Crippen LogP) is 5.03. The Kier molecular flexibility index (Phi) is 11.1. The van der Waals surface area contributed by atoms with Crippen LogP contribution in [0.1, 0.15) is 54.1 Å². The largest absolute Gasteiger partial charge is 0.373 e. The van der Waals surface area contributed by atoms with Gasteiger partial charge in [0.1, 0.15) is 0 Å². The van der Waals surface area contributed by atoms with Crippen molar-refractivity contribution in [3.8, 4) is 0 Å². The van der Waals surface area contributed by atoms with E-state index in [1.165, 1.54) is 16.1 Å². The monoisotopic (exact) mass is 542 g/mol. The Hall–Kier alpha value is -1.19. The van der Waals surface area contributed by atoms with Crippen molar-refractivity contribution in [3.63, 3.8) is 0 Å². The summed E-state index contributed by atoms with van der Waals surface area (Å²) in [6.45, 7) is 9.65. The second kappa shape index (κ2) is 13.3. The molecule has 0 amide bonds. The van der Waals surface area contributed by atoms with Crippen LogP contribution in [0.2, 0.25) is 0 Å². The SMILES string of the molecule is CCNC(=NCC1CCCOC1c1ccc(C)cc1)NCCCc1nc(C)cs1.I. The van der Waals surface area contributed by atoms with Gasteiger partial charge in [0.25, 0.3) is 0 Å². The van der Waals surface area contributed by atoms with E-state index in [9.17, 15) is 0 Å². The maximum Gasteiger partial charge on any atom is 0.191 e. The van der Waals surface area contributed by atoms with Gasteiger partial charge in [-0.1, -0.05) is 29.8 Å². The molecule has 0 spiro atoms. The van der Waals surface area contributed by atoms with E-state index in [0.29, 0.717) is 5.92 Å². The van der Waals surface area contributed by atoms with Crippen LogP contribution in [0.15, 0.2) is 34.6 Å². The molecule has 1 aromatic carbocycles. The Morgan fingerprint density at radius 1 is 1.23 bits per heavy atom. The number of aromatic nitrogens is 1. The van der Waals surface area contributed by atoms with Crippen molar-refractivity contribution in [1.82, 2.24) is 15.6 Å². The van der Waals surface area contributed by atoms with E-state index >= 15 is 0 Å². The van der Waals surface area contributed by atoms with Gasteiger partial charge in [0.15, 0.2) is 5.96 Å². The third kappa shape index (κ3) is 7.81. The molecule has 5 nitrogen and oxygen atoms in total. The van der Waals surface area contributed by atoms with Crippen LogP contribution in [0.3, 0.4) is 0 Å². The van der Waals surface area contributed by atoms with Crippen LogP contribution < -0.4 is 10.6 Å². The molecule has 1 aliphatic rings. The zero-order valence-electron chi connectivity index (χ0n) is 18.3. The lowest BCUT2D eigenvalue weighted by atomic mass is 9.89. The third-order valence-corrected chi connectivity index (χ3v) is 6.23. The number of benzene rings is 1. The van der Waals surface area contributed by atoms with E-state index in [4.69, 9.17) is 9.73 Å². The van der Waals surface area contributed by atoms with Crippen molar-refractivity contribution < 1.29 is 4.74 Å². The van der Waals surface area contributed by atoms with Crippen LogP contribution in [0.5, 0.6) is 0 Å². The number of aryl methyl sites for hydroxylation is 3. The molecule has 166 valence electrons. The van der Waals surface area contributed by atoms with Crippen LogP contribution in [0, 0.1) is 19.8 Å². The highest BCUT2D eigenvalue weighted by Crippen LogP contribution is 2.33. The standard InChI is InChI=1S/C23H34N4OS.HI/c1-4-24-23(25-13-5-8-21-27-18(3)16-29-21)26-15-20-7-6-14-28-22(20)19-11-9-17(2)10-12-19;/h9-12,16,20,22H,4-8,13-15H2,1-3H3,(H2,24,25,26);1H. The number of hydrogen-bond donors (Lipinski definition) is 2. The first-order chi connectivity index (χ1) is 14.2. The molecule has 3 rings (SSSR count). The molecule has 0 bridgehead atoms. The zero-order chi connectivity index (χ0) is 20.5. The number of ether oxygens (including phenoxy) is 1. The van der Waals surface area contributed by atoms with Gasteiger partial charge in [-0.2, -0.15) is 0 Å². The minimum atomic E-state index is 0. The lowest BCUT2D eigenvalue weighted by Crippen LogP contribution is -2.38. The van der Waals surface area contributed by atoms with Crippen molar-refractivity contribution in [2.24, 2.45) is 10.9 Å². The Morgan fingerprint density at radius 2 is 2.03 bits per heavy atom. The van der Waals surface area contributed by atoms with Gasteiger partial charge in [-0.3, -0.25) is 4.99 Å². The molecule has 2 aromatic rings. The molecule has 2 N–H and O–H groups in total. The van der Waals surface area contributed by atoms with Crippen LogP contribution >= 0.6 is 35.3 Å². The van der Waals surface area contributed by atoms with E-state index in [1.54, 1.807) is 11.3 Å². The summed E-state index contributed by atoms with van der Waals surface area (Å²) in [5.41, 5.74) is 3.67. The van der Waals surface area contributed by atoms with Crippen molar-refractivity contribution in [3.05, 3.63) is 51.5 Å². The Morgan fingerprint density at radius 3 is 2.73 bits per heavy atom. The summed E-state index contributed by atoms with van der Waals surface area (Å²) in [7, 11) is 0. The summed E-state index contributed by atoms with van der Waals surface area (Å²) in [6, 6.07) is 8.74. The summed E-state index contributed by atoms with van der Waals surface area (Å²) in [5, 5.41) is 10.2. The number of nitrogens with one attached hydrogen (secondary N) is 2. The predicted molar refractivity (Wildman–Crippen MR) is 137 cm³/mol. The van der Waals surface area contributed by atoms with Gasteiger partial charge in [-0.05, 0) is 45.6 Å². The fourth-order valence-corrected chi connectivity index (χ4v) is 4.49. The van der Waals surface area contributed by atoms with Crippen LogP contribution in [-0.2, 0) is 11.2 Å². The first-order valence-electron chi connectivity index (χ1n) is 10.8. The fraction of sp³-hybridized carbons (Fsp3) is 0.565. The number of thiazole rings is 1. The smallest absolute Gasteiger partial charge is 0.191 e. The average Bonchev–Trinajstić information content (AvgIpc) is 3.15. The second-order valence-electron chi connectivity index (χ2n) is 7.74. The maximum absolute atomic E-state index is 6.14. The lowest BCUT2D eigenvalue weighted by molar-refractivity contribution is -0.0250. The van der Waals surface area contributed by atoms with Crippen molar-refractivity contribution in [2.75, 3.05) is 26.2 Å². The zero-order valence-corrected chi connectivity index (χ0v) is 21.5. The van der Waals surface area contributed by atoms with Crippen LogP contribution in [0.4, 0.5) is 0 Å². The topological polar surface area (TPSA) is 58.5 Å². The average molecular weight is 543 g/mol. The van der Waals surface area contributed by atoms with Gasteiger partial charge in [0.05, 0.1) is 11.1 Å². The van der Waals surface area contributed by atoms with E-state index in [0.717, 1.165) is 63.6 Å². The Labute approximate surface area is 202 Å². The number of hydrogen-bond acceptors (Lipinski definition) is 4. The number of rotatable bonds is 8. The molecular weight excluding hydrogens is 507 g/mol. The number of halogens is 1. The minimum absolute atomic E-state index is 0. The van der Waals surface area contributed by atoms with Gasteiger partial charge < -0.3 is 15.4 Å². The van der Waals surface area contributed by atoms with Crippen molar-refractivity contribution in [2.45, 2.75) is 52.6 Å². The molecule has 1 aliphatic heterocycles. The molecule has 2 atom stereocenters. The molecule has 2 unspecified atom stereocenters. The van der Waals surface area contributed by atoms with E-state index in [-0.39, 0.29) is 30.1 Å². The van der Waals surface area contributed by atoms with Crippen LogP contribution in [0.25, 0.3) is 0 Å². The molecule has 30 heavy (non-hydrogen) atoms. The Balaban J connectivity index is 0.00000320. The van der Waals surface area contributed by atoms with Gasteiger partial charge in [-0.15, -0.1) is 35.3 Å². The third-order valence-electron chi connectivity index (χ3n) is 5.21. The summed E-state index contributed by atoms with van der Waals surface area (Å²) >= 11 is 1.75. The molecule has 1 aromatic heterocycles. The molecule has 1 saturated heterocycles. The fourth-order valence-electron chi connectivity index (χ4n) is 3.67. The molecule has 2 heterocycles. The van der Waals surface area contributed by atoms with Crippen LogP contribution in [-0.4, -0.2) is 37.2 Å². The first kappa shape index (κ1) is 25.1. The molecule has 0 radical (unpaired) electrons. The first-order valence-corrected chi connectivity index (χ1v) is 11.6.